The summed E-state index contributed by atoms with van der Waals surface area (Å²) in [6, 6.07) is 15.3. The number of anilines is 1. The third kappa shape index (κ3) is 4.92. The highest BCUT2D eigenvalue weighted by Crippen LogP contribution is 2.36. The number of hydrogen-bond acceptors (Lipinski definition) is 6. The molecule has 2 aromatic rings. The summed E-state index contributed by atoms with van der Waals surface area (Å²) in [6.45, 7) is 4.78. The first-order valence-electron chi connectivity index (χ1n) is 12.6. The molecule has 0 bridgehead atoms. The lowest BCUT2D eigenvalue weighted by Crippen LogP contribution is -2.36. The van der Waals surface area contributed by atoms with E-state index in [4.69, 9.17) is 4.74 Å². The van der Waals surface area contributed by atoms with E-state index in [9.17, 15) is 4.79 Å². The Hall–Kier alpha value is -2.61. The van der Waals surface area contributed by atoms with Crippen molar-refractivity contribution in [1.82, 2.24) is 20.7 Å². The second-order valence-corrected chi connectivity index (χ2v) is 9.92. The molecule has 3 heterocycles. The highest BCUT2D eigenvalue weighted by molar-refractivity contribution is 5.95. The van der Waals surface area contributed by atoms with Crippen LogP contribution < -0.4 is 20.9 Å². The van der Waals surface area contributed by atoms with Crippen LogP contribution in [0.4, 0.5) is 5.69 Å². The van der Waals surface area contributed by atoms with Crippen molar-refractivity contribution in [3.05, 3.63) is 59.2 Å². The summed E-state index contributed by atoms with van der Waals surface area (Å²) < 4.78 is 5.68. The van der Waals surface area contributed by atoms with Gasteiger partial charge in [0.15, 0.2) is 0 Å². The number of hydrogen-bond donors (Lipinski definition) is 3. The Bertz CT molecular complexity index is 998. The molecule has 34 heavy (non-hydrogen) atoms. The minimum atomic E-state index is 0.0868. The Morgan fingerprint density at radius 2 is 1.82 bits per heavy atom. The van der Waals surface area contributed by atoms with Crippen LogP contribution in [0.5, 0.6) is 5.75 Å². The Morgan fingerprint density at radius 3 is 2.59 bits per heavy atom. The number of nitrogens with zero attached hydrogens (tertiary/aromatic N) is 2. The molecule has 7 nitrogen and oxygen atoms in total. The van der Waals surface area contributed by atoms with Crippen molar-refractivity contribution >= 4 is 11.6 Å². The average Bonchev–Trinajstić information content (AvgIpc) is 3.57. The highest BCUT2D eigenvalue weighted by Gasteiger charge is 2.31. The number of amides is 1. The topological polar surface area (TPSA) is 68.9 Å². The van der Waals surface area contributed by atoms with E-state index in [1.165, 1.54) is 18.4 Å². The Morgan fingerprint density at radius 1 is 1.03 bits per heavy atom. The second kappa shape index (κ2) is 10.3. The van der Waals surface area contributed by atoms with Crippen LogP contribution in [0.15, 0.2) is 42.5 Å². The van der Waals surface area contributed by atoms with Gasteiger partial charge in [0.2, 0.25) is 0 Å². The van der Waals surface area contributed by atoms with Crippen molar-refractivity contribution in [1.29, 1.82) is 0 Å². The molecule has 2 aromatic carbocycles. The molecule has 1 atom stereocenters. The van der Waals surface area contributed by atoms with Gasteiger partial charge in [-0.25, -0.2) is 0 Å². The van der Waals surface area contributed by atoms with Crippen molar-refractivity contribution in [2.75, 3.05) is 52.2 Å². The molecule has 3 fully saturated rings. The van der Waals surface area contributed by atoms with Crippen molar-refractivity contribution in [2.45, 2.75) is 43.7 Å². The van der Waals surface area contributed by atoms with Crippen LogP contribution in [0.1, 0.15) is 59.1 Å². The van der Waals surface area contributed by atoms with E-state index in [1.807, 2.05) is 17.0 Å². The first kappa shape index (κ1) is 23.1. The Kier molecular flexibility index (Phi) is 7.04. The van der Waals surface area contributed by atoms with Crippen molar-refractivity contribution in [3.63, 3.8) is 0 Å². The summed E-state index contributed by atoms with van der Waals surface area (Å²) in [5.41, 5.74) is 10.6. The van der Waals surface area contributed by atoms with Crippen LogP contribution in [0, 0.1) is 0 Å². The van der Waals surface area contributed by atoms with Crippen molar-refractivity contribution in [3.8, 4) is 5.75 Å². The van der Waals surface area contributed by atoms with Gasteiger partial charge < -0.3 is 19.9 Å². The third-order valence-corrected chi connectivity index (χ3v) is 7.62. The van der Waals surface area contributed by atoms with Gasteiger partial charge in [-0.1, -0.05) is 18.2 Å². The molecule has 0 aromatic heterocycles. The van der Waals surface area contributed by atoms with Gasteiger partial charge >= 0.3 is 0 Å². The molecule has 0 saturated carbocycles. The molecule has 0 aliphatic carbocycles. The van der Waals surface area contributed by atoms with Crippen LogP contribution in [-0.4, -0.2) is 68.6 Å². The Balaban J connectivity index is 1.31. The van der Waals surface area contributed by atoms with E-state index in [-0.39, 0.29) is 11.9 Å². The van der Waals surface area contributed by atoms with Gasteiger partial charge in [-0.2, -0.15) is 0 Å². The summed E-state index contributed by atoms with van der Waals surface area (Å²) in [6.07, 6.45) is 4.36. The molecule has 3 saturated heterocycles. The number of carbonyl (C=O) groups is 1. The molecule has 3 aliphatic heterocycles. The monoisotopic (exact) mass is 463 g/mol. The number of benzene rings is 2. The fraction of sp³-hybridized carbons (Fsp3) is 0.519. The first-order chi connectivity index (χ1) is 16.6. The van der Waals surface area contributed by atoms with Gasteiger partial charge in [0.25, 0.3) is 5.91 Å². The average molecular weight is 464 g/mol. The number of nitrogens with one attached hydrogen (secondary N) is 3. The van der Waals surface area contributed by atoms with E-state index < -0.39 is 0 Å². The standard InChI is InChI=1S/C27H37N5O2/c1-31-13-10-22(11-14-31)30-23-6-3-5-19(15-23)25-7-4-12-32(25)27(33)20-8-9-24(26(16-20)34-2)21-17-28-29-18-21/h3,5-6,8-9,15-16,21-22,25,28-30H,4,7,10-14,17-18H2,1-2H3. The molecule has 5 rings (SSSR count). The van der Waals surface area contributed by atoms with E-state index in [0.29, 0.717) is 17.5 Å². The van der Waals surface area contributed by atoms with E-state index in [1.54, 1.807) is 7.11 Å². The lowest BCUT2D eigenvalue weighted by Gasteiger charge is -2.30. The number of carbonyl (C=O) groups excluding carboxylic acids is 1. The highest BCUT2D eigenvalue weighted by atomic mass is 16.5. The molecular formula is C27H37N5O2. The number of rotatable bonds is 6. The second-order valence-electron chi connectivity index (χ2n) is 9.92. The zero-order valence-electron chi connectivity index (χ0n) is 20.3. The van der Waals surface area contributed by atoms with Gasteiger partial charge in [-0.15, -0.1) is 0 Å². The molecule has 1 unspecified atom stereocenters. The molecule has 3 aliphatic rings. The molecule has 0 spiro atoms. The van der Waals surface area contributed by atoms with Gasteiger partial charge in [-0.05, 0) is 81.2 Å². The van der Waals surface area contributed by atoms with Crippen LogP contribution in [-0.2, 0) is 0 Å². The summed E-state index contributed by atoms with van der Waals surface area (Å²) in [7, 11) is 3.87. The molecule has 3 N–H and O–H groups in total. The zero-order valence-corrected chi connectivity index (χ0v) is 20.3. The zero-order chi connectivity index (χ0) is 23.5. The van der Waals surface area contributed by atoms with Gasteiger partial charge in [0.05, 0.1) is 13.2 Å². The van der Waals surface area contributed by atoms with Crippen LogP contribution >= 0.6 is 0 Å². The van der Waals surface area contributed by atoms with E-state index in [0.717, 1.165) is 62.6 Å². The maximum atomic E-state index is 13.6. The largest absolute Gasteiger partial charge is 0.496 e. The normalized spacial score (nSPS) is 22.3. The maximum Gasteiger partial charge on any atom is 0.254 e. The molecular weight excluding hydrogens is 426 g/mol. The minimum absolute atomic E-state index is 0.0868. The van der Waals surface area contributed by atoms with E-state index in [2.05, 4.69) is 58.4 Å². The van der Waals surface area contributed by atoms with Gasteiger partial charge in [0, 0.05) is 42.8 Å². The molecule has 182 valence electrons. The lowest BCUT2D eigenvalue weighted by atomic mass is 9.97. The molecule has 0 radical (unpaired) electrons. The summed E-state index contributed by atoms with van der Waals surface area (Å²) in [5, 5.41) is 3.73. The van der Waals surface area contributed by atoms with Crippen molar-refractivity contribution in [2.24, 2.45) is 0 Å². The quantitative estimate of drug-likeness (QED) is 0.610. The van der Waals surface area contributed by atoms with Crippen LogP contribution in [0.3, 0.4) is 0 Å². The third-order valence-electron chi connectivity index (χ3n) is 7.62. The minimum Gasteiger partial charge on any atom is -0.496 e. The number of likely N-dealkylation sites (tertiary alicyclic amines) is 2. The fourth-order valence-electron chi connectivity index (χ4n) is 5.61. The summed E-state index contributed by atoms with van der Waals surface area (Å²) >= 11 is 0. The van der Waals surface area contributed by atoms with Gasteiger partial charge in [-0.3, -0.25) is 15.6 Å². The fourth-order valence-corrected chi connectivity index (χ4v) is 5.61. The summed E-state index contributed by atoms with van der Waals surface area (Å²) in [4.78, 5) is 18.0. The SMILES string of the molecule is COc1cc(C(=O)N2CCCC2c2cccc(NC3CCN(C)CC3)c2)ccc1C1CNNC1. The maximum absolute atomic E-state index is 13.6. The number of methoxy groups -OCH3 is 1. The number of hydrazine groups is 1. The molecule has 7 heteroatoms. The van der Waals surface area contributed by atoms with E-state index >= 15 is 0 Å². The number of piperidine rings is 1. The predicted octanol–water partition coefficient (Wildman–Crippen LogP) is 3.37. The molecule has 1 amide bonds. The first-order valence-corrected chi connectivity index (χ1v) is 12.6. The predicted molar refractivity (Wildman–Crippen MR) is 135 cm³/mol. The Labute approximate surface area is 202 Å². The van der Waals surface area contributed by atoms with Crippen LogP contribution in [0.25, 0.3) is 0 Å². The van der Waals surface area contributed by atoms with Crippen molar-refractivity contribution < 1.29 is 9.53 Å². The summed E-state index contributed by atoms with van der Waals surface area (Å²) in [5.74, 6) is 1.23. The van der Waals surface area contributed by atoms with Gasteiger partial charge in [0.1, 0.15) is 5.75 Å². The van der Waals surface area contributed by atoms with Crippen LogP contribution in [0.2, 0.25) is 0 Å². The smallest absolute Gasteiger partial charge is 0.254 e. The lowest BCUT2D eigenvalue weighted by molar-refractivity contribution is 0.0735. The number of ether oxygens (including phenoxy) is 1.